The molecule has 7 nitrogen and oxygen atoms in total. The molecule has 10 heteroatoms. The number of nitrogens with one attached hydrogen (secondary N) is 2. The van der Waals surface area contributed by atoms with Crippen LogP contribution in [-0.4, -0.2) is 48.0 Å². The van der Waals surface area contributed by atoms with Gasteiger partial charge in [-0.25, -0.2) is 0 Å². The van der Waals surface area contributed by atoms with Gasteiger partial charge in [0.1, 0.15) is 5.76 Å². The van der Waals surface area contributed by atoms with E-state index in [1.54, 1.807) is 36.4 Å². The number of hydrogen-bond donors (Lipinski definition) is 2. The van der Waals surface area contributed by atoms with E-state index < -0.39 is 5.91 Å². The van der Waals surface area contributed by atoms with E-state index in [1.807, 2.05) is 30.0 Å². The number of amides is 2. The molecule has 0 saturated carbocycles. The van der Waals surface area contributed by atoms with Crippen molar-refractivity contribution in [2.75, 3.05) is 36.4 Å². The van der Waals surface area contributed by atoms with Gasteiger partial charge in [0.2, 0.25) is 5.91 Å². The highest BCUT2D eigenvalue weighted by Gasteiger charge is 2.24. The predicted molar refractivity (Wildman–Crippen MR) is 143 cm³/mol. The topological polar surface area (TPSA) is 77.8 Å². The Hall–Kier alpha value is -3.07. The van der Waals surface area contributed by atoms with Gasteiger partial charge in [0.05, 0.1) is 16.4 Å². The summed E-state index contributed by atoms with van der Waals surface area (Å²) in [5.41, 5.74) is 2.25. The first-order valence-corrected chi connectivity index (χ1v) is 12.3. The normalized spacial score (nSPS) is 13.5. The molecule has 2 amide bonds. The SMILES string of the molecule is CCC(=O)N1CCN(c2c(Cl)cccc2NC(=S)NC(=O)c2ccc(-c3ccc(Cl)cc3)o2)CC1. The summed E-state index contributed by atoms with van der Waals surface area (Å²) in [5, 5.41) is 7.01. The number of thiocarbonyl (C=S) groups is 1. The maximum Gasteiger partial charge on any atom is 0.293 e. The van der Waals surface area contributed by atoms with Gasteiger partial charge in [-0.3, -0.25) is 14.9 Å². The summed E-state index contributed by atoms with van der Waals surface area (Å²) in [5.74, 6) is 0.340. The number of halogens is 2. The predicted octanol–water partition coefficient (Wildman–Crippen LogP) is 5.44. The smallest absolute Gasteiger partial charge is 0.293 e. The molecule has 1 aromatic heterocycles. The van der Waals surface area contributed by atoms with Crippen LogP contribution in [0.4, 0.5) is 11.4 Å². The first-order chi connectivity index (χ1) is 16.9. The minimum atomic E-state index is -0.474. The molecular weight excluding hydrogens is 507 g/mol. The molecule has 1 fully saturated rings. The number of furan rings is 1. The molecule has 0 unspecified atom stereocenters. The van der Waals surface area contributed by atoms with E-state index in [0.717, 1.165) is 11.3 Å². The van der Waals surface area contributed by atoms with Gasteiger partial charge in [-0.2, -0.15) is 0 Å². The zero-order valence-electron chi connectivity index (χ0n) is 19.0. The molecule has 4 rings (SSSR count). The zero-order valence-corrected chi connectivity index (χ0v) is 21.3. The van der Waals surface area contributed by atoms with E-state index in [9.17, 15) is 9.59 Å². The summed E-state index contributed by atoms with van der Waals surface area (Å²) in [4.78, 5) is 28.7. The molecule has 2 N–H and O–H groups in total. The summed E-state index contributed by atoms with van der Waals surface area (Å²) >= 11 is 17.8. The molecule has 0 atom stereocenters. The highest BCUT2D eigenvalue weighted by Crippen LogP contribution is 2.34. The number of carbonyl (C=O) groups excluding carboxylic acids is 2. The van der Waals surface area contributed by atoms with Gasteiger partial charge in [-0.1, -0.05) is 36.2 Å². The quantitative estimate of drug-likeness (QED) is 0.427. The van der Waals surface area contributed by atoms with Crippen LogP contribution in [0.1, 0.15) is 23.9 Å². The van der Waals surface area contributed by atoms with Crippen LogP contribution in [-0.2, 0) is 4.79 Å². The highest BCUT2D eigenvalue weighted by molar-refractivity contribution is 7.80. The van der Waals surface area contributed by atoms with Crippen molar-refractivity contribution in [3.8, 4) is 11.3 Å². The Morgan fingerprint density at radius 2 is 1.71 bits per heavy atom. The molecule has 2 aromatic carbocycles. The molecule has 0 radical (unpaired) electrons. The molecule has 182 valence electrons. The van der Waals surface area contributed by atoms with Crippen LogP contribution in [0, 0.1) is 0 Å². The maximum atomic E-state index is 12.7. The fourth-order valence-corrected chi connectivity index (χ4v) is 4.51. The molecule has 0 aliphatic carbocycles. The summed E-state index contributed by atoms with van der Waals surface area (Å²) in [6, 6.07) is 15.9. The van der Waals surface area contributed by atoms with Crippen LogP contribution >= 0.6 is 35.4 Å². The Balaban J connectivity index is 1.42. The maximum absolute atomic E-state index is 12.7. The number of anilines is 2. The lowest BCUT2D eigenvalue weighted by Gasteiger charge is -2.37. The molecule has 0 bridgehead atoms. The van der Waals surface area contributed by atoms with E-state index in [4.69, 9.17) is 39.8 Å². The zero-order chi connectivity index (χ0) is 24.9. The van der Waals surface area contributed by atoms with Gasteiger partial charge in [-0.05, 0) is 60.7 Å². The first-order valence-electron chi connectivity index (χ1n) is 11.1. The van der Waals surface area contributed by atoms with Gasteiger partial charge in [-0.15, -0.1) is 0 Å². The Bertz CT molecular complexity index is 1240. The fraction of sp³-hybridized carbons (Fsp3) is 0.240. The number of rotatable bonds is 5. The number of hydrogen-bond acceptors (Lipinski definition) is 5. The molecule has 1 aliphatic heterocycles. The van der Waals surface area contributed by atoms with Crippen molar-refractivity contribution in [3.63, 3.8) is 0 Å². The van der Waals surface area contributed by atoms with Crippen molar-refractivity contribution in [2.45, 2.75) is 13.3 Å². The van der Waals surface area contributed by atoms with Crippen LogP contribution < -0.4 is 15.5 Å². The number of carbonyl (C=O) groups is 2. The molecule has 1 saturated heterocycles. The van der Waals surface area contributed by atoms with Gasteiger partial charge < -0.3 is 19.5 Å². The van der Waals surface area contributed by atoms with E-state index in [2.05, 4.69) is 15.5 Å². The Labute approximate surface area is 219 Å². The van der Waals surface area contributed by atoms with E-state index >= 15 is 0 Å². The first kappa shape index (κ1) is 25.0. The highest BCUT2D eigenvalue weighted by atomic mass is 35.5. The van der Waals surface area contributed by atoms with Crippen LogP contribution in [0.2, 0.25) is 10.0 Å². The average molecular weight is 531 g/mol. The van der Waals surface area contributed by atoms with Gasteiger partial charge in [0.25, 0.3) is 5.91 Å². The summed E-state index contributed by atoms with van der Waals surface area (Å²) in [6.07, 6.45) is 0.490. The van der Waals surface area contributed by atoms with Crippen molar-refractivity contribution in [2.24, 2.45) is 0 Å². The summed E-state index contributed by atoms with van der Waals surface area (Å²) < 4.78 is 5.69. The number of benzene rings is 2. The van der Waals surface area contributed by atoms with Crippen molar-refractivity contribution in [1.82, 2.24) is 10.2 Å². The second-order valence-electron chi connectivity index (χ2n) is 7.94. The molecule has 2 heterocycles. The third-order valence-electron chi connectivity index (χ3n) is 5.67. The fourth-order valence-electron chi connectivity index (χ4n) is 3.89. The van der Waals surface area contributed by atoms with Crippen LogP contribution in [0.15, 0.2) is 59.0 Å². The summed E-state index contributed by atoms with van der Waals surface area (Å²) in [6.45, 7) is 4.38. The molecule has 0 spiro atoms. The molecule has 3 aromatic rings. The van der Waals surface area contributed by atoms with Crippen molar-refractivity contribution in [3.05, 3.63) is 70.4 Å². The Kier molecular flexibility index (Phi) is 7.95. The second-order valence-corrected chi connectivity index (χ2v) is 9.19. The molecular formula is C25H24Cl2N4O3S. The lowest BCUT2D eigenvalue weighted by atomic mass is 10.2. The summed E-state index contributed by atoms with van der Waals surface area (Å²) in [7, 11) is 0. The van der Waals surface area contributed by atoms with Gasteiger partial charge in [0.15, 0.2) is 10.9 Å². The second kappa shape index (κ2) is 11.1. The van der Waals surface area contributed by atoms with Crippen LogP contribution in [0.25, 0.3) is 11.3 Å². The van der Waals surface area contributed by atoms with E-state index in [1.165, 1.54) is 0 Å². The van der Waals surface area contributed by atoms with E-state index in [-0.39, 0.29) is 16.8 Å². The van der Waals surface area contributed by atoms with Gasteiger partial charge in [0, 0.05) is 43.2 Å². The van der Waals surface area contributed by atoms with Crippen molar-refractivity contribution < 1.29 is 14.0 Å². The minimum Gasteiger partial charge on any atom is -0.451 e. The third-order valence-corrected chi connectivity index (χ3v) is 6.43. The van der Waals surface area contributed by atoms with Crippen molar-refractivity contribution in [1.29, 1.82) is 0 Å². The van der Waals surface area contributed by atoms with Crippen LogP contribution in [0.5, 0.6) is 0 Å². The molecule has 1 aliphatic rings. The molecule has 35 heavy (non-hydrogen) atoms. The monoisotopic (exact) mass is 530 g/mol. The standard InChI is InChI=1S/C25H24Cl2N4O3S/c1-2-22(32)30-12-14-31(15-13-30)23-18(27)4-3-5-19(23)28-25(35)29-24(33)21-11-10-20(34-21)16-6-8-17(26)9-7-16/h3-11H,2,12-15H2,1H3,(H2,28,29,33,35). The number of para-hydroxylation sites is 1. The van der Waals surface area contributed by atoms with E-state index in [0.29, 0.717) is 54.1 Å². The van der Waals surface area contributed by atoms with Crippen molar-refractivity contribution >= 4 is 63.7 Å². The minimum absolute atomic E-state index is 0.114. The average Bonchev–Trinajstić information content (AvgIpc) is 3.35. The Morgan fingerprint density at radius 1 is 1.00 bits per heavy atom. The van der Waals surface area contributed by atoms with Crippen LogP contribution in [0.3, 0.4) is 0 Å². The number of nitrogens with zero attached hydrogens (tertiary/aromatic N) is 2. The lowest BCUT2D eigenvalue weighted by Crippen LogP contribution is -2.49. The Morgan fingerprint density at radius 3 is 2.40 bits per heavy atom. The number of piperazine rings is 1. The third kappa shape index (κ3) is 5.96. The lowest BCUT2D eigenvalue weighted by molar-refractivity contribution is -0.131. The largest absolute Gasteiger partial charge is 0.451 e. The van der Waals surface area contributed by atoms with Gasteiger partial charge >= 0.3 is 0 Å².